The smallest absolute Gasteiger partial charge is 0.374 e. The van der Waals surface area contributed by atoms with Crippen molar-refractivity contribution in [1.82, 2.24) is 19.8 Å². The maximum Gasteiger partial charge on any atom is 0.458 e. The van der Waals surface area contributed by atoms with E-state index >= 15 is 0 Å². The van der Waals surface area contributed by atoms with E-state index in [2.05, 4.69) is 15.6 Å². The highest BCUT2D eigenvalue weighted by Crippen LogP contribution is 2.24. The van der Waals surface area contributed by atoms with E-state index in [4.69, 9.17) is 10.5 Å². The van der Waals surface area contributed by atoms with E-state index in [1.54, 1.807) is 24.6 Å². The van der Waals surface area contributed by atoms with Crippen molar-refractivity contribution in [2.45, 2.75) is 63.8 Å². The van der Waals surface area contributed by atoms with Gasteiger partial charge >= 0.3 is 23.9 Å². The highest BCUT2D eigenvalue weighted by atomic mass is 19.4. The lowest BCUT2D eigenvalue weighted by Crippen LogP contribution is -2.56. The molecule has 0 bridgehead atoms. The van der Waals surface area contributed by atoms with Gasteiger partial charge in [-0.1, -0.05) is 30.3 Å². The minimum atomic E-state index is -5.77. The normalized spacial score (nSPS) is 14.2. The van der Waals surface area contributed by atoms with E-state index in [-0.39, 0.29) is 24.9 Å². The molecule has 2 aromatic rings. The fourth-order valence-corrected chi connectivity index (χ4v) is 3.60. The lowest BCUT2D eigenvalue weighted by molar-refractivity contribution is -0.193. The Hall–Kier alpha value is -4.32. The molecule has 3 rings (SSSR count). The monoisotopic (exact) mass is 650 g/mol. The first-order valence-electron chi connectivity index (χ1n) is 13.3. The number of nitrogens with two attached hydrogens (primary N) is 1. The number of rotatable bonds is 11. The SMILES string of the molecule is CC(C)(N)C(=O)N[C@H](COCc1ccccc1)C(=O)Nc1cn(CC(=O)N2CCCC2)cn1.O=C(C(=O)C(F)(F)F)C(F)(F)F. The number of carbonyl (C=O) groups is 5. The maximum atomic E-state index is 12.9. The largest absolute Gasteiger partial charge is 0.458 e. The number of nitrogens with one attached hydrogen (secondary N) is 2. The van der Waals surface area contributed by atoms with Crippen LogP contribution < -0.4 is 16.4 Å². The lowest BCUT2D eigenvalue weighted by Gasteiger charge is -2.23. The second kappa shape index (κ2) is 15.6. The number of amides is 3. The van der Waals surface area contributed by atoms with Crippen LogP contribution in [-0.4, -0.2) is 87.4 Å². The number of likely N-dealkylation sites (tertiary alicyclic amines) is 1. The van der Waals surface area contributed by atoms with Crippen LogP contribution in [0.25, 0.3) is 0 Å². The lowest BCUT2D eigenvalue weighted by atomic mass is 10.1. The Morgan fingerprint density at radius 2 is 1.51 bits per heavy atom. The molecular formula is C27H32F6N6O6. The Labute approximate surface area is 253 Å². The molecule has 1 atom stereocenters. The highest BCUT2D eigenvalue weighted by Gasteiger charge is 2.54. The Balaban J connectivity index is 0.000000498. The molecule has 0 unspecified atom stereocenters. The van der Waals surface area contributed by atoms with Crippen molar-refractivity contribution in [2.24, 2.45) is 5.73 Å². The maximum absolute atomic E-state index is 12.9. The van der Waals surface area contributed by atoms with Crippen LogP contribution in [0, 0.1) is 0 Å². The van der Waals surface area contributed by atoms with E-state index in [9.17, 15) is 50.3 Å². The van der Waals surface area contributed by atoms with Gasteiger partial charge in [-0.2, -0.15) is 26.3 Å². The molecular weight excluding hydrogens is 618 g/mol. The van der Waals surface area contributed by atoms with Crippen LogP contribution in [0.15, 0.2) is 42.9 Å². The first kappa shape index (κ1) is 36.9. The molecule has 1 aromatic heterocycles. The van der Waals surface area contributed by atoms with E-state index in [1.165, 1.54) is 6.33 Å². The van der Waals surface area contributed by atoms with Gasteiger partial charge in [0.15, 0.2) is 5.82 Å². The van der Waals surface area contributed by atoms with Crippen molar-refractivity contribution >= 4 is 35.1 Å². The Morgan fingerprint density at radius 3 is 2.02 bits per heavy atom. The summed E-state index contributed by atoms with van der Waals surface area (Å²) in [6.45, 7) is 5.07. The first-order valence-corrected chi connectivity index (χ1v) is 13.3. The number of benzene rings is 1. The summed E-state index contributed by atoms with van der Waals surface area (Å²) in [4.78, 5) is 62.8. The molecule has 0 saturated carbocycles. The number of imidazole rings is 1. The van der Waals surface area contributed by atoms with Gasteiger partial charge in [0.25, 0.3) is 5.91 Å². The second-order valence-electron chi connectivity index (χ2n) is 10.4. The van der Waals surface area contributed by atoms with Gasteiger partial charge in [0.1, 0.15) is 12.6 Å². The van der Waals surface area contributed by atoms with Crippen LogP contribution in [0.4, 0.5) is 32.2 Å². The number of hydrogen-bond acceptors (Lipinski definition) is 8. The molecule has 1 aliphatic rings. The van der Waals surface area contributed by atoms with E-state index in [0.717, 1.165) is 31.5 Å². The fraction of sp³-hybridized carbons (Fsp3) is 0.481. The average Bonchev–Trinajstić information content (AvgIpc) is 3.63. The molecule has 1 saturated heterocycles. The number of ketones is 2. The van der Waals surface area contributed by atoms with Gasteiger partial charge in [-0.05, 0) is 32.3 Å². The molecule has 248 valence electrons. The molecule has 2 heterocycles. The molecule has 12 nitrogen and oxygen atoms in total. The van der Waals surface area contributed by atoms with E-state index < -0.39 is 47.3 Å². The summed E-state index contributed by atoms with van der Waals surface area (Å²) in [5.74, 6) is -7.48. The van der Waals surface area contributed by atoms with Gasteiger partial charge in [-0.25, -0.2) is 4.98 Å². The Bertz CT molecular complexity index is 1310. The topological polar surface area (TPSA) is 166 Å². The Morgan fingerprint density at radius 1 is 0.956 bits per heavy atom. The van der Waals surface area contributed by atoms with Crippen LogP contribution in [0.5, 0.6) is 0 Å². The van der Waals surface area contributed by atoms with Crippen LogP contribution in [0.1, 0.15) is 32.3 Å². The van der Waals surface area contributed by atoms with Crippen LogP contribution >= 0.6 is 0 Å². The van der Waals surface area contributed by atoms with Crippen LogP contribution in [0.3, 0.4) is 0 Å². The third-order valence-electron chi connectivity index (χ3n) is 5.99. The van der Waals surface area contributed by atoms with Crippen molar-refractivity contribution in [2.75, 3.05) is 25.0 Å². The number of Topliss-reactive ketones (excluding diaryl/α,β-unsaturated/α-hetero) is 2. The first-order chi connectivity index (χ1) is 20.8. The molecule has 4 N–H and O–H groups in total. The molecule has 1 fully saturated rings. The van der Waals surface area contributed by atoms with Crippen molar-refractivity contribution in [3.8, 4) is 0 Å². The highest BCUT2D eigenvalue weighted by molar-refractivity contribution is 6.41. The quantitative estimate of drug-likeness (QED) is 0.246. The van der Waals surface area contributed by atoms with Gasteiger partial charge in [0.2, 0.25) is 11.8 Å². The number of alkyl halides is 6. The third kappa shape index (κ3) is 12.3. The van der Waals surface area contributed by atoms with E-state index in [1.807, 2.05) is 35.2 Å². The standard InChI is InChI=1S/C23H32N6O4.C4F6O2/c1-23(2,24)22(32)26-18(15-33-14-17-8-4-3-5-9-17)21(31)27-19-12-28(16-25-19)13-20(30)29-10-6-7-11-29;5-3(6,7)1(11)2(12)4(8,9)10/h3-5,8-9,12,16,18H,6-7,10-11,13-15,24H2,1-2H3,(H,26,32)(H,27,31);/t18-;/m1./s1. The number of ether oxygens (including phenoxy) is 1. The molecule has 0 aliphatic carbocycles. The minimum Gasteiger partial charge on any atom is -0.374 e. The zero-order valence-corrected chi connectivity index (χ0v) is 24.2. The summed E-state index contributed by atoms with van der Waals surface area (Å²) < 4.78 is 74.3. The Kier molecular flexibility index (Phi) is 12.8. The van der Waals surface area contributed by atoms with Gasteiger partial charge in [0.05, 0.1) is 25.1 Å². The molecule has 1 aliphatic heterocycles. The van der Waals surface area contributed by atoms with Crippen LogP contribution in [-0.2, 0) is 41.9 Å². The number of hydrogen-bond donors (Lipinski definition) is 3. The third-order valence-corrected chi connectivity index (χ3v) is 5.99. The predicted octanol–water partition coefficient (Wildman–Crippen LogP) is 2.13. The summed E-state index contributed by atoms with van der Waals surface area (Å²) in [6, 6.07) is 8.54. The van der Waals surface area contributed by atoms with Crippen molar-refractivity contribution in [3.63, 3.8) is 0 Å². The fourth-order valence-electron chi connectivity index (χ4n) is 3.60. The van der Waals surface area contributed by atoms with Crippen molar-refractivity contribution in [3.05, 3.63) is 48.4 Å². The molecule has 0 spiro atoms. The van der Waals surface area contributed by atoms with Gasteiger partial charge in [-0.3, -0.25) is 24.0 Å². The number of aromatic nitrogens is 2. The number of anilines is 1. The summed E-state index contributed by atoms with van der Waals surface area (Å²) in [5, 5.41) is 5.32. The molecule has 0 radical (unpaired) electrons. The van der Waals surface area contributed by atoms with Crippen LogP contribution in [0.2, 0.25) is 0 Å². The van der Waals surface area contributed by atoms with E-state index in [0.29, 0.717) is 6.61 Å². The zero-order valence-electron chi connectivity index (χ0n) is 24.2. The predicted molar refractivity (Wildman–Crippen MR) is 145 cm³/mol. The number of nitrogens with zero attached hydrogens (tertiary/aromatic N) is 3. The summed E-state index contributed by atoms with van der Waals surface area (Å²) >= 11 is 0. The summed E-state index contributed by atoms with van der Waals surface area (Å²) in [6.07, 6.45) is -6.42. The molecule has 3 amide bonds. The van der Waals surface area contributed by atoms with Crippen molar-refractivity contribution in [1.29, 1.82) is 0 Å². The van der Waals surface area contributed by atoms with Crippen molar-refractivity contribution < 1.29 is 55.1 Å². The van der Waals surface area contributed by atoms with Gasteiger partial charge < -0.3 is 30.6 Å². The van der Waals surface area contributed by atoms with Gasteiger partial charge in [0, 0.05) is 19.3 Å². The molecule has 1 aromatic carbocycles. The number of carbonyl (C=O) groups excluding carboxylic acids is 5. The van der Waals surface area contributed by atoms with Gasteiger partial charge in [-0.15, -0.1) is 0 Å². The summed E-state index contributed by atoms with van der Waals surface area (Å²) in [5.41, 5.74) is 5.66. The molecule has 18 heteroatoms. The average molecular weight is 651 g/mol. The zero-order chi connectivity index (χ0) is 34.0. The number of halogens is 6. The minimum absolute atomic E-state index is 0.0207. The summed E-state index contributed by atoms with van der Waals surface area (Å²) in [7, 11) is 0. The second-order valence-corrected chi connectivity index (χ2v) is 10.4. The molecule has 45 heavy (non-hydrogen) atoms.